The summed E-state index contributed by atoms with van der Waals surface area (Å²) in [4.78, 5) is 10.3. The van der Waals surface area contributed by atoms with E-state index in [0.717, 1.165) is 0 Å². The predicted molar refractivity (Wildman–Crippen MR) is 42.0 cm³/mol. The fourth-order valence-electron chi connectivity index (χ4n) is 0.659. The van der Waals surface area contributed by atoms with Gasteiger partial charge in [-0.3, -0.25) is 4.79 Å². The SMILES string of the molecule is CC(C(=O)O)c1ccco1.Cl. The van der Waals surface area contributed by atoms with Crippen LogP contribution in [0.2, 0.25) is 0 Å². The van der Waals surface area contributed by atoms with Gasteiger partial charge in [0.1, 0.15) is 11.7 Å². The lowest BCUT2D eigenvalue weighted by Gasteiger charge is -1.98. The average molecular weight is 177 g/mol. The molecule has 3 nitrogen and oxygen atoms in total. The normalized spacial score (nSPS) is 11.7. The van der Waals surface area contributed by atoms with E-state index in [9.17, 15) is 4.79 Å². The summed E-state index contributed by atoms with van der Waals surface area (Å²) in [5.41, 5.74) is 0. The van der Waals surface area contributed by atoms with Crippen LogP contribution in [0, 0.1) is 0 Å². The Balaban J connectivity index is 0.000001000. The van der Waals surface area contributed by atoms with E-state index < -0.39 is 11.9 Å². The molecule has 0 saturated heterocycles. The summed E-state index contributed by atoms with van der Waals surface area (Å²) in [6.45, 7) is 1.58. The molecule has 4 heteroatoms. The summed E-state index contributed by atoms with van der Waals surface area (Å²) >= 11 is 0. The van der Waals surface area contributed by atoms with Gasteiger partial charge in [0.25, 0.3) is 0 Å². The molecule has 0 aliphatic carbocycles. The van der Waals surface area contributed by atoms with Crippen LogP contribution in [0.25, 0.3) is 0 Å². The minimum atomic E-state index is -0.866. The first kappa shape index (κ1) is 10.0. The largest absolute Gasteiger partial charge is 0.481 e. The molecule has 0 aliphatic heterocycles. The van der Waals surface area contributed by atoms with Crippen molar-refractivity contribution >= 4 is 18.4 Å². The quantitative estimate of drug-likeness (QED) is 0.749. The molecular weight excluding hydrogens is 168 g/mol. The van der Waals surface area contributed by atoms with Gasteiger partial charge in [-0.05, 0) is 19.1 Å². The van der Waals surface area contributed by atoms with Crippen molar-refractivity contribution in [2.45, 2.75) is 12.8 Å². The Labute approximate surface area is 70.4 Å². The van der Waals surface area contributed by atoms with Gasteiger partial charge in [-0.25, -0.2) is 0 Å². The first-order valence-corrected chi connectivity index (χ1v) is 2.98. The number of carboxylic acids is 1. The summed E-state index contributed by atoms with van der Waals surface area (Å²) in [7, 11) is 0. The molecule has 0 spiro atoms. The van der Waals surface area contributed by atoms with Gasteiger partial charge >= 0.3 is 5.97 Å². The Morgan fingerprint density at radius 1 is 1.73 bits per heavy atom. The highest BCUT2D eigenvalue weighted by molar-refractivity contribution is 5.85. The van der Waals surface area contributed by atoms with Crippen molar-refractivity contribution in [2.24, 2.45) is 0 Å². The molecule has 1 heterocycles. The lowest BCUT2D eigenvalue weighted by molar-refractivity contribution is -0.138. The van der Waals surface area contributed by atoms with Crippen molar-refractivity contribution in [3.05, 3.63) is 24.2 Å². The maximum atomic E-state index is 10.3. The second-order valence-electron chi connectivity index (χ2n) is 2.08. The molecule has 0 fully saturated rings. The van der Waals surface area contributed by atoms with Gasteiger partial charge in [-0.15, -0.1) is 12.4 Å². The van der Waals surface area contributed by atoms with Crippen molar-refractivity contribution < 1.29 is 14.3 Å². The van der Waals surface area contributed by atoms with Gasteiger partial charge in [-0.2, -0.15) is 0 Å². The average Bonchev–Trinajstić information content (AvgIpc) is 2.36. The number of furan rings is 1. The Morgan fingerprint density at radius 2 is 2.36 bits per heavy atom. The Kier molecular flexibility index (Phi) is 3.68. The molecular formula is C7H9ClO3. The molecule has 1 aromatic heterocycles. The molecule has 1 rings (SSSR count). The van der Waals surface area contributed by atoms with Gasteiger partial charge in [0.05, 0.1) is 6.26 Å². The van der Waals surface area contributed by atoms with Gasteiger partial charge in [0.15, 0.2) is 0 Å². The van der Waals surface area contributed by atoms with Gasteiger partial charge in [0.2, 0.25) is 0 Å². The number of hydrogen-bond donors (Lipinski definition) is 1. The first-order chi connectivity index (χ1) is 4.72. The summed E-state index contributed by atoms with van der Waals surface area (Å²) in [6, 6.07) is 3.33. The summed E-state index contributed by atoms with van der Waals surface area (Å²) in [6.07, 6.45) is 1.47. The molecule has 1 unspecified atom stereocenters. The third-order valence-electron chi connectivity index (χ3n) is 1.34. The Hall–Kier alpha value is -0.960. The number of carbonyl (C=O) groups is 1. The molecule has 0 bridgehead atoms. The Bertz CT molecular complexity index is 218. The van der Waals surface area contributed by atoms with Crippen molar-refractivity contribution in [3.8, 4) is 0 Å². The van der Waals surface area contributed by atoms with Crippen molar-refractivity contribution in [3.63, 3.8) is 0 Å². The molecule has 0 amide bonds. The fraction of sp³-hybridized carbons (Fsp3) is 0.286. The second-order valence-corrected chi connectivity index (χ2v) is 2.08. The van der Waals surface area contributed by atoms with Crippen LogP contribution in [-0.2, 0) is 4.79 Å². The predicted octanol–water partition coefficient (Wildman–Crippen LogP) is 1.89. The van der Waals surface area contributed by atoms with Crippen molar-refractivity contribution in [1.82, 2.24) is 0 Å². The van der Waals surface area contributed by atoms with Crippen LogP contribution in [0.4, 0.5) is 0 Å². The van der Waals surface area contributed by atoms with Crippen LogP contribution in [0.3, 0.4) is 0 Å². The number of carboxylic acid groups (broad SMARTS) is 1. The molecule has 0 aliphatic rings. The van der Waals surface area contributed by atoms with Crippen LogP contribution in [0.15, 0.2) is 22.8 Å². The summed E-state index contributed by atoms with van der Waals surface area (Å²) < 4.78 is 4.88. The van der Waals surface area contributed by atoms with Gasteiger partial charge in [-0.1, -0.05) is 0 Å². The lowest BCUT2D eigenvalue weighted by atomic mass is 10.1. The minimum Gasteiger partial charge on any atom is -0.481 e. The zero-order chi connectivity index (χ0) is 7.56. The molecule has 0 radical (unpaired) electrons. The minimum absolute atomic E-state index is 0. The van der Waals surface area contributed by atoms with Gasteiger partial charge < -0.3 is 9.52 Å². The topological polar surface area (TPSA) is 50.4 Å². The highest BCUT2D eigenvalue weighted by atomic mass is 35.5. The summed E-state index contributed by atoms with van der Waals surface area (Å²) in [5.74, 6) is -0.919. The number of aliphatic carboxylic acids is 1. The van der Waals surface area contributed by atoms with Crippen LogP contribution in [0.5, 0.6) is 0 Å². The van der Waals surface area contributed by atoms with Crippen LogP contribution >= 0.6 is 12.4 Å². The molecule has 0 saturated carbocycles. The molecule has 62 valence electrons. The molecule has 11 heavy (non-hydrogen) atoms. The van der Waals surface area contributed by atoms with E-state index in [2.05, 4.69) is 0 Å². The Morgan fingerprint density at radius 3 is 2.73 bits per heavy atom. The third-order valence-corrected chi connectivity index (χ3v) is 1.34. The van der Waals surface area contributed by atoms with Gasteiger partial charge in [0, 0.05) is 0 Å². The maximum absolute atomic E-state index is 10.3. The third kappa shape index (κ3) is 2.27. The standard InChI is InChI=1S/C7H8O3.ClH/c1-5(7(8)9)6-3-2-4-10-6;/h2-5H,1H3,(H,8,9);1H. The number of hydrogen-bond acceptors (Lipinski definition) is 2. The van der Waals surface area contributed by atoms with E-state index in [-0.39, 0.29) is 12.4 Å². The molecule has 1 aromatic rings. The van der Waals surface area contributed by atoms with Crippen LogP contribution in [-0.4, -0.2) is 11.1 Å². The fourth-order valence-corrected chi connectivity index (χ4v) is 0.659. The first-order valence-electron chi connectivity index (χ1n) is 2.98. The highest BCUT2D eigenvalue weighted by Gasteiger charge is 2.15. The van der Waals surface area contributed by atoms with E-state index in [1.807, 2.05) is 0 Å². The highest BCUT2D eigenvalue weighted by Crippen LogP contribution is 2.14. The smallest absolute Gasteiger partial charge is 0.313 e. The lowest BCUT2D eigenvalue weighted by Crippen LogP contribution is -2.05. The zero-order valence-electron chi connectivity index (χ0n) is 5.98. The van der Waals surface area contributed by atoms with E-state index in [0.29, 0.717) is 5.76 Å². The van der Waals surface area contributed by atoms with E-state index in [4.69, 9.17) is 9.52 Å². The van der Waals surface area contributed by atoms with E-state index in [1.165, 1.54) is 6.26 Å². The molecule has 1 N–H and O–H groups in total. The number of halogens is 1. The second kappa shape index (κ2) is 4.03. The van der Waals surface area contributed by atoms with Crippen LogP contribution in [0.1, 0.15) is 18.6 Å². The number of rotatable bonds is 2. The van der Waals surface area contributed by atoms with E-state index in [1.54, 1.807) is 19.1 Å². The van der Waals surface area contributed by atoms with Crippen molar-refractivity contribution in [2.75, 3.05) is 0 Å². The van der Waals surface area contributed by atoms with E-state index >= 15 is 0 Å². The maximum Gasteiger partial charge on any atom is 0.313 e. The summed E-state index contributed by atoms with van der Waals surface area (Å²) in [5, 5.41) is 8.49. The monoisotopic (exact) mass is 176 g/mol. The zero-order valence-corrected chi connectivity index (χ0v) is 6.80. The van der Waals surface area contributed by atoms with Crippen molar-refractivity contribution in [1.29, 1.82) is 0 Å². The molecule has 1 atom stereocenters. The van der Waals surface area contributed by atoms with Crippen LogP contribution < -0.4 is 0 Å². The molecule has 0 aromatic carbocycles.